The molecule has 1 aromatic carbocycles. The Balaban J connectivity index is 1.55. The van der Waals surface area contributed by atoms with Crippen LogP contribution in [-0.2, 0) is 10.0 Å². The maximum Gasteiger partial charge on any atom is 0.228 e. The number of hydrogen-bond donors (Lipinski definition) is 2. The third kappa shape index (κ3) is 4.16. The molecule has 3 heterocycles. The van der Waals surface area contributed by atoms with Crippen molar-refractivity contribution in [2.75, 3.05) is 17.7 Å². The molecule has 5 rings (SSSR count). The van der Waals surface area contributed by atoms with E-state index in [1.165, 1.54) is 0 Å². The van der Waals surface area contributed by atoms with Crippen molar-refractivity contribution in [1.82, 2.24) is 25.0 Å². The van der Waals surface area contributed by atoms with Crippen LogP contribution < -0.4 is 10.6 Å². The fraction of sp³-hybridized carbons (Fsp3) is 0.227. The molecule has 0 aliphatic heterocycles. The van der Waals surface area contributed by atoms with E-state index in [1.54, 1.807) is 12.4 Å². The number of anilines is 2. The van der Waals surface area contributed by atoms with Gasteiger partial charge in [-0.15, -0.1) is 5.10 Å². The molecule has 4 aromatic rings. The summed E-state index contributed by atoms with van der Waals surface area (Å²) in [5.41, 5.74) is 3.40. The number of fused-ring (bicyclic) bond motifs is 2. The first-order valence-electron chi connectivity index (χ1n) is 11.0. The highest BCUT2D eigenvalue weighted by Gasteiger charge is 2.29. The molecule has 1 aliphatic rings. The van der Waals surface area contributed by atoms with Crippen molar-refractivity contribution in [2.24, 2.45) is 5.92 Å². The summed E-state index contributed by atoms with van der Waals surface area (Å²) in [6.07, 6.45) is 5.35. The fourth-order valence-electron chi connectivity index (χ4n) is 3.71. The minimum Gasteiger partial charge on any atom is -0.373 e. The summed E-state index contributed by atoms with van der Waals surface area (Å²) in [5, 5.41) is 16.1. The summed E-state index contributed by atoms with van der Waals surface area (Å²) in [6, 6.07) is 7.75. The van der Waals surface area contributed by atoms with Crippen LogP contribution in [-0.4, -0.2) is 61.5 Å². The number of benzene rings is 1. The first kappa shape index (κ1) is 21.1. The van der Waals surface area contributed by atoms with Crippen molar-refractivity contribution in [3.63, 3.8) is 0 Å². The average molecular weight is 433 g/mol. The van der Waals surface area contributed by atoms with Crippen molar-refractivity contribution in [3.05, 3.63) is 47.8 Å². The standard InChI is InChI=1S/C22H22B3N7O/c1-26-20-16-11-27-19(29-21(33)13-5-6-13)9-15(16)14(10-28-20)4-2-12-3-7-17-18(8-12)32(31-30-17)22(23,24)25/h3,7-11,13H,5-6,23-25H2,1H3,(H,26,28)(H,27,29,33). The average Bonchev–Trinajstić information content (AvgIpc) is 3.55. The molecule has 11 heteroatoms. The van der Waals surface area contributed by atoms with Gasteiger partial charge in [-0.3, -0.25) is 9.48 Å². The normalized spacial score (nSPS) is 13.5. The van der Waals surface area contributed by atoms with Crippen LogP contribution in [0.25, 0.3) is 21.8 Å². The Hall–Kier alpha value is -3.80. The predicted molar refractivity (Wildman–Crippen MR) is 138 cm³/mol. The van der Waals surface area contributed by atoms with Crippen LogP contribution in [0.4, 0.5) is 11.6 Å². The summed E-state index contributed by atoms with van der Waals surface area (Å²) in [5.74, 6) is 7.88. The first-order chi connectivity index (χ1) is 15.8. The predicted octanol–water partition coefficient (Wildman–Crippen LogP) is -0.368. The van der Waals surface area contributed by atoms with Gasteiger partial charge in [-0.05, 0) is 42.3 Å². The molecule has 1 aliphatic carbocycles. The minimum atomic E-state index is -0.182. The number of nitrogens with zero attached hydrogens (tertiary/aromatic N) is 5. The fourth-order valence-corrected chi connectivity index (χ4v) is 3.71. The quantitative estimate of drug-likeness (QED) is 0.337. The third-order valence-corrected chi connectivity index (χ3v) is 5.63. The van der Waals surface area contributed by atoms with Crippen LogP contribution >= 0.6 is 0 Å². The zero-order valence-corrected chi connectivity index (χ0v) is 19.1. The molecule has 0 atom stereocenters. The summed E-state index contributed by atoms with van der Waals surface area (Å²) in [7, 11) is 8.09. The molecule has 0 bridgehead atoms. The van der Waals surface area contributed by atoms with Crippen LogP contribution in [0.15, 0.2) is 36.7 Å². The van der Waals surface area contributed by atoms with Gasteiger partial charge in [0, 0.05) is 41.7 Å². The number of nitrogens with one attached hydrogen (secondary N) is 2. The molecule has 8 nitrogen and oxygen atoms in total. The van der Waals surface area contributed by atoms with Crippen LogP contribution in [0.5, 0.6) is 0 Å². The van der Waals surface area contributed by atoms with Gasteiger partial charge in [0.1, 0.15) is 40.7 Å². The Morgan fingerprint density at radius 2 is 1.94 bits per heavy atom. The Kier molecular flexibility index (Phi) is 5.08. The van der Waals surface area contributed by atoms with Crippen LogP contribution in [0, 0.1) is 17.8 Å². The van der Waals surface area contributed by atoms with E-state index >= 15 is 0 Å². The molecule has 0 unspecified atom stereocenters. The molecular weight excluding hydrogens is 411 g/mol. The third-order valence-electron chi connectivity index (χ3n) is 5.63. The second-order valence-corrected chi connectivity index (χ2v) is 9.27. The summed E-state index contributed by atoms with van der Waals surface area (Å²) < 4.78 is 1.91. The number of carbonyl (C=O) groups excluding carboxylic acids is 1. The van der Waals surface area contributed by atoms with Gasteiger partial charge in [0.25, 0.3) is 0 Å². The Morgan fingerprint density at radius 1 is 1.12 bits per heavy atom. The summed E-state index contributed by atoms with van der Waals surface area (Å²) in [6.45, 7) is 0. The molecule has 160 valence electrons. The van der Waals surface area contributed by atoms with Crippen molar-refractivity contribution >= 4 is 62.9 Å². The molecule has 0 radical (unpaired) electrons. The maximum atomic E-state index is 12.2. The number of amides is 1. The van der Waals surface area contributed by atoms with E-state index in [9.17, 15) is 4.79 Å². The van der Waals surface area contributed by atoms with Gasteiger partial charge in [-0.1, -0.05) is 17.1 Å². The zero-order chi connectivity index (χ0) is 23.2. The maximum absolute atomic E-state index is 12.2. The molecule has 0 saturated heterocycles. The van der Waals surface area contributed by atoms with Gasteiger partial charge >= 0.3 is 0 Å². The largest absolute Gasteiger partial charge is 0.373 e. The van der Waals surface area contributed by atoms with Crippen LogP contribution in [0.3, 0.4) is 0 Å². The highest BCUT2D eigenvalue weighted by atomic mass is 16.2. The molecule has 1 fully saturated rings. The van der Waals surface area contributed by atoms with Gasteiger partial charge < -0.3 is 10.6 Å². The van der Waals surface area contributed by atoms with E-state index in [4.69, 9.17) is 0 Å². The van der Waals surface area contributed by atoms with Crippen molar-refractivity contribution in [3.8, 4) is 11.8 Å². The Labute approximate surface area is 194 Å². The highest BCUT2D eigenvalue weighted by molar-refractivity contribution is 6.56. The molecule has 3 aromatic heterocycles. The molecular formula is C22H22B3N7O. The second kappa shape index (κ2) is 7.96. The lowest BCUT2D eigenvalue weighted by Crippen LogP contribution is -2.36. The van der Waals surface area contributed by atoms with E-state index in [2.05, 4.69) is 66.3 Å². The lowest BCUT2D eigenvalue weighted by Gasteiger charge is -2.19. The number of rotatable bonds is 4. The van der Waals surface area contributed by atoms with E-state index < -0.39 is 0 Å². The number of hydrogen-bond acceptors (Lipinski definition) is 6. The van der Waals surface area contributed by atoms with E-state index in [0.717, 1.165) is 45.8 Å². The van der Waals surface area contributed by atoms with E-state index in [-0.39, 0.29) is 17.1 Å². The molecule has 2 N–H and O–H groups in total. The van der Waals surface area contributed by atoms with Crippen molar-refractivity contribution in [1.29, 1.82) is 0 Å². The topological polar surface area (TPSA) is 97.6 Å². The molecule has 0 spiro atoms. The van der Waals surface area contributed by atoms with Crippen molar-refractivity contribution in [2.45, 2.75) is 18.1 Å². The molecule has 1 saturated carbocycles. The zero-order valence-electron chi connectivity index (χ0n) is 19.1. The second-order valence-electron chi connectivity index (χ2n) is 9.27. The van der Waals surface area contributed by atoms with E-state index in [0.29, 0.717) is 11.6 Å². The van der Waals surface area contributed by atoms with Crippen molar-refractivity contribution < 1.29 is 4.79 Å². The smallest absolute Gasteiger partial charge is 0.228 e. The summed E-state index contributed by atoms with van der Waals surface area (Å²) >= 11 is 0. The Morgan fingerprint density at radius 3 is 2.67 bits per heavy atom. The first-order valence-corrected chi connectivity index (χ1v) is 11.0. The van der Waals surface area contributed by atoms with Gasteiger partial charge in [0.05, 0.1) is 11.1 Å². The molecule has 33 heavy (non-hydrogen) atoms. The Bertz CT molecular complexity index is 1460. The van der Waals surface area contributed by atoms with Crippen LogP contribution in [0.1, 0.15) is 24.0 Å². The number of aromatic nitrogens is 5. The SMILES string of the molecule is BC(B)(B)n1nnc2ccc(C#Cc3cnc(NC)c4cnc(NC(=O)C5CC5)cc34)cc21. The van der Waals surface area contributed by atoms with Gasteiger partial charge in [0.2, 0.25) is 5.91 Å². The minimum absolute atomic E-state index is 0.0229. The summed E-state index contributed by atoms with van der Waals surface area (Å²) in [4.78, 5) is 21.1. The number of carbonyl (C=O) groups is 1. The van der Waals surface area contributed by atoms with E-state index in [1.807, 2.05) is 36.0 Å². The highest BCUT2D eigenvalue weighted by Crippen LogP contribution is 2.31. The van der Waals surface area contributed by atoms with Crippen LogP contribution in [0.2, 0.25) is 0 Å². The molecule has 1 amide bonds. The lowest BCUT2D eigenvalue weighted by molar-refractivity contribution is -0.117. The van der Waals surface area contributed by atoms with Gasteiger partial charge in [-0.25, -0.2) is 9.97 Å². The number of pyridine rings is 2. The van der Waals surface area contributed by atoms with Gasteiger partial charge in [-0.2, -0.15) is 0 Å². The van der Waals surface area contributed by atoms with Gasteiger partial charge in [0.15, 0.2) is 0 Å². The lowest BCUT2D eigenvalue weighted by atomic mass is 9.49. The monoisotopic (exact) mass is 433 g/mol.